The van der Waals surface area contributed by atoms with Crippen LogP contribution in [0.15, 0.2) is 60.0 Å². The van der Waals surface area contributed by atoms with E-state index in [1.807, 2.05) is 35.5 Å². The van der Waals surface area contributed by atoms with E-state index in [4.69, 9.17) is 0 Å². The van der Waals surface area contributed by atoms with E-state index in [-0.39, 0.29) is 5.91 Å². The maximum absolute atomic E-state index is 13.0. The summed E-state index contributed by atoms with van der Waals surface area (Å²) in [5.41, 5.74) is 4.24. The molecule has 5 heteroatoms. The third-order valence-electron chi connectivity index (χ3n) is 5.63. The van der Waals surface area contributed by atoms with Gasteiger partial charge >= 0.3 is 0 Å². The average molecular weight is 386 g/mol. The third-order valence-corrected chi connectivity index (χ3v) is 5.63. The zero-order valence-corrected chi connectivity index (χ0v) is 17.0. The summed E-state index contributed by atoms with van der Waals surface area (Å²) in [6.07, 6.45) is 8.66. The topological polar surface area (TPSA) is 58.5 Å². The van der Waals surface area contributed by atoms with Crippen molar-refractivity contribution in [2.24, 2.45) is 10.9 Å². The number of hydrogen-bond donors (Lipinski definition) is 0. The fourth-order valence-electron chi connectivity index (χ4n) is 4.39. The average Bonchev–Trinajstić information content (AvgIpc) is 2.74. The molecule has 5 nitrogen and oxygen atoms in total. The van der Waals surface area contributed by atoms with Gasteiger partial charge in [-0.25, -0.2) is 0 Å². The van der Waals surface area contributed by atoms with Crippen molar-refractivity contribution >= 4 is 23.0 Å². The van der Waals surface area contributed by atoms with Crippen molar-refractivity contribution < 1.29 is 4.79 Å². The lowest BCUT2D eigenvalue weighted by Gasteiger charge is -2.37. The highest BCUT2D eigenvalue weighted by atomic mass is 16.2. The molecule has 0 saturated carbocycles. The van der Waals surface area contributed by atoms with E-state index in [2.05, 4.69) is 40.1 Å². The number of pyridine rings is 2. The lowest BCUT2D eigenvalue weighted by molar-refractivity contribution is -0.132. The maximum atomic E-state index is 13.0. The van der Waals surface area contributed by atoms with Crippen molar-refractivity contribution in [3.05, 3.63) is 71.7 Å². The smallest absolute Gasteiger partial charge is 0.227 e. The Kier molecular flexibility index (Phi) is 5.65. The van der Waals surface area contributed by atoms with E-state index < -0.39 is 0 Å². The van der Waals surface area contributed by atoms with Crippen molar-refractivity contribution in [2.45, 2.75) is 25.7 Å². The molecule has 0 bridgehead atoms. The molecule has 1 amide bonds. The van der Waals surface area contributed by atoms with Crippen LogP contribution in [0, 0.1) is 5.92 Å². The highest BCUT2D eigenvalue weighted by Gasteiger charge is 2.29. The van der Waals surface area contributed by atoms with Crippen molar-refractivity contribution in [3.63, 3.8) is 0 Å². The Morgan fingerprint density at radius 1 is 1.21 bits per heavy atom. The number of likely N-dealkylation sites (tertiary alicyclic amines) is 1. The number of amides is 1. The monoisotopic (exact) mass is 386 g/mol. The second kappa shape index (κ2) is 8.52. The Hall–Kier alpha value is -3.08. The molecule has 1 fully saturated rings. The van der Waals surface area contributed by atoms with Gasteiger partial charge in [-0.2, -0.15) is 0 Å². The van der Waals surface area contributed by atoms with Crippen LogP contribution in [-0.4, -0.2) is 47.1 Å². The maximum Gasteiger partial charge on any atom is 0.227 e. The number of hydrogen-bond acceptors (Lipinski definition) is 4. The number of aliphatic imine (C=N–C) groups is 1. The van der Waals surface area contributed by atoms with Crippen molar-refractivity contribution in [2.75, 3.05) is 20.1 Å². The van der Waals surface area contributed by atoms with Crippen LogP contribution in [0.4, 0.5) is 0 Å². The minimum Gasteiger partial charge on any atom is -0.342 e. The highest BCUT2D eigenvalue weighted by Crippen LogP contribution is 2.34. The van der Waals surface area contributed by atoms with Crippen molar-refractivity contribution in [1.29, 1.82) is 0 Å². The molecule has 0 N–H and O–H groups in total. The Bertz CT molecular complexity index is 1030. The number of carbonyl (C=O) groups is 1. The molecule has 2 atom stereocenters. The van der Waals surface area contributed by atoms with Gasteiger partial charge in [0.1, 0.15) is 0 Å². The van der Waals surface area contributed by atoms with Gasteiger partial charge in [0.25, 0.3) is 0 Å². The minimum atomic E-state index is 0.173. The molecule has 2 aromatic heterocycles. The van der Waals surface area contributed by atoms with E-state index >= 15 is 0 Å². The van der Waals surface area contributed by atoms with Crippen LogP contribution >= 0.6 is 0 Å². The van der Waals surface area contributed by atoms with Crippen LogP contribution in [0.5, 0.6) is 0 Å². The lowest BCUT2D eigenvalue weighted by Crippen LogP contribution is -2.43. The van der Waals surface area contributed by atoms with Gasteiger partial charge < -0.3 is 4.90 Å². The number of benzene rings is 1. The molecule has 1 aliphatic rings. The first-order valence-corrected chi connectivity index (χ1v) is 10.1. The first-order chi connectivity index (χ1) is 14.2. The summed E-state index contributed by atoms with van der Waals surface area (Å²) >= 11 is 0. The molecule has 1 saturated heterocycles. The van der Waals surface area contributed by atoms with Crippen LogP contribution < -0.4 is 0 Å². The Balaban J connectivity index is 1.62. The molecule has 4 rings (SSSR count). The van der Waals surface area contributed by atoms with E-state index in [9.17, 15) is 4.79 Å². The molecule has 1 aromatic carbocycles. The first-order valence-electron chi connectivity index (χ1n) is 10.1. The second-order valence-corrected chi connectivity index (χ2v) is 7.91. The number of nitrogens with zero attached hydrogens (tertiary/aromatic N) is 4. The summed E-state index contributed by atoms with van der Waals surface area (Å²) in [6.45, 7) is 3.79. The Morgan fingerprint density at radius 2 is 2.07 bits per heavy atom. The number of carbonyl (C=O) groups excluding carboxylic acids is 1. The lowest BCUT2D eigenvalue weighted by atomic mass is 9.83. The van der Waals surface area contributed by atoms with Gasteiger partial charge in [0.2, 0.25) is 5.91 Å². The van der Waals surface area contributed by atoms with Gasteiger partial charge in [-0.1, -0.05) is 31.2 Å². The van der Waals surface area contributed by atoms with Crippen LogP contribution in [0.2, 0.25) is 0 Å². The summed E-state index contributed by atoms with van der Waals surface area (Å²) in [5.74, 6) is 0.929. The second-order valence-electron chi connectivity index (χ2n) is 7.91. The Labute approximate surface area is 171 Å². The molecule has 29 heavy (non-hydrogen) atoms. The summed E-state index contributed by atoms with van der Waals surface area (Å²) in [6, 6.07) is 12.2. The van der Waals surface area contributed by atoms with E-state index in [0.717, 1.165) is 41.5 Å². The standard InChI is InChI=1S/C24H26N4O/c1-17-11-20(16-28(15-17)23(29)12-18-5-3-9-26-13-18)21-8-7-19(14-25-2)24-22(21)6-4-10-27-24/h3-10,13-14,17,20H,11-12,15-16H2,1-2H3/t17?,20-/m1/s1. The zero-order valence-electron chi connectivity index (χ0n) is 17.0. The van der Waals surface area contributed by atoms with Crippen LogP contribution in [0.3, 0.4) is 0 Å². The van der Waals surface area contributed by atoms with Crippen LogP contribution in [0.1, 0.15) is 36.0 Å². The van der Waals surface area contributed by atoms with Crippen LogP contribution in [-0.2, 0) is 11.2 Å². The molecular weight excluding hydrogens is 360 g/mol. The SMILES string of the molecule is CN=Cc1ccc([C@@H]2CC(C)CN(C(=O)Cc3cccnc3)C2)c2cccnc12. The molecule has 3 aromatic rings. The molecule has 1 aliphatic heterocycles. The summed E-state index contributed by atoms with van der Waals surface area (Å²) in [4.78, 5) is 27.9. The first kappa shape index (κ1) is 19.2. The van der Waals surface area contributed by atoms with E-state index in [1.54, 1.807) is 19.4 Å². The quantitative estimate of drug-likeness (QED) is 0.640. The predicted octanol–water partition coefficient (Wildman–Crippen LogP) is 3.87. The minimum absolute atomic E-state index is 0.173. The fraction of sp³-hybridized carbons (Fsp3) is 0.333. The van der Waals surface area contributed by atoms with Gasteiger partial charge in [0.15, 0.2) is 0 Å². The molecule has 3 heterocycles. The molecular formula is C24H26N4O. The van der Waals surface area contributed by atoms with Gasteiger partial charge in [-0.3, -0.25) is 19.8 Å². The van der Waals surface area contributed by atoms with Gasteiger partial charge in [0, 0.05) is 61.8 Å². The highest BCUT2D eigenvalue weighted by molar-refractivity contribution is 5.99. The fourth-order valence-corrected chi connectivity index (χ4v) is 4.39. The Morgan fingerprint density at radius 3 is 2.86 bits per heavy atom. The largest absolute Gasteiger partial charge is 0.342 e. The predicted molar refractivity (Wildman–Crippen MR) is 116 cm³/mol. The molecule has 1 unspecified atom stereocenters. The van der Waals surface area contributed by atoms with Crippen LogP contribution in [0.25, 0.3) is 10.9 Å². The number of piperidine rings is 1. The number of fused-ring (bicyclic) bond motifs is 1. The van der Waals surface area contributed by atoms with Crippen molar-refractivity contribution in [3.8, 4) is 0 Å². The normalized spacial score (nSPS) is 19.7. The summed E-state index contributed by atoms with van der Waals surface area (Å²) in [7, 11) is 1.78. The molecule has 0 spiro atoms. The summed E-state index contributed by atoms with van der Waals surface area (Å²) in [5, 5.41) is 1.16. The van der Waals surface area contributed by atoms with Gasteiger partial charge in [-0.05, 0) is 35.6 Å². The van der Waals surface area contributed by atoms with E-state index in [0.29, 0.717) is 18.3 Å². The van der Waals surface area contributed by atoms with E-state index in [1.165, 1.54) is 5.56 Å². The van der Waals surface area contributed by atoms with Gasteiger partial charge in [-0.15, -0.1) is 0 Å². The molecule has 148 valence electrons. The third kappa shape index (κ3) is 4.19. The number of aromatic nitrogens is 2. The molecule has 0 aliphatic carbocycles. The zero-order chi connectivity index (χ0) is 20.2. The number of rotatable bonds is 4. The van der Waals surface area contributed by atoms with Gasteiger partial charge in [0.05, 0.1) is 11.9 Å². The molecule has 0 radical (unpaired) electrons. The summed E-state index contributed by atoms with van der Waals surface area (Å²) < 4.78 is 0. The van der Waals surface area contributed by atoms with Crippen molar-refractivity contribution in [1.82, 2.24) is 14.9 Å².